The van der Waals surface area contributed by atoms with Crippen molar-refractivity contribution < 1.29 is 9.13 Å². The molecule has 6 nitrogen and oxygen atoms in total. The Bertz CT molecular complexity index is 950. The van der Waals surface area contributed by atoms with Crippen molar-refractivity contribution in [3.63, 3.8) is 0 Å². The predicted molar refractivity (Wildman–Crippen MR) is 109 cm³/mol. The van der Waals surface area contributed by atoms with Crippen LogP contribution >= 0.6 is 0 Å². The maximum Gasteiger partial charge on any atom is 0.165 e. The zero-order valence-corrected chi connectivity index (χ0v) is 17.1. The molecule has 1 aliphatic heterocycles. The van der Waals surface area contributed by atoms with E-state index in [0.29, 0.717) is 24.7 Å². The monoisotopic (exact) mass is 397 g/mol. The van der Waals surface area contributed by atoms with Crippen molar-refractivity contribution >= 4 is 0 Å². The summed E-state index contributed by atoms with van der Waals surface area (Å²) in [5.41, 5.74) is 4.55. The molecule has 1 saturated heterocycles. The van der Waals surface area contributed by atoms with Gasteiger partial charge in [-0.1, -0.05) is 12.1 Å². The van der Waals surface area contributed by atoms with E-state index in [-0.39, 0.29) is 5.82 Å². The number of H-pyrrole nitrogens is 1. The number of aromatic amines is 1. The number of likely N-dealkylation sites (tertiary alicyclic amines) is 1. The van der Waals surface area contributed by atoms with Gasteiger partial charge >= 0.3 is 0 Å². The van der Waals surface area contributed by atoms with Crippen LogP contribution < -0.4 is 4.74 Å². The number of nitrogens with zero attached hydrogens (tertiary/aromatic N) is 4. The van der Waals surface area contributed by atoms with Gasteiger partial charge in [-0.15, -0.1) is 0 Å². The molecule has 154 valence electrons. The van der Waals surface area contributed by atoms with Crippen LogP contribution in [-0.4, -0.2) is 44.6 Å². The Hall–Kier alpha value is -2.67. The minimum absolute atomic E-state index is 0.292. The molecule has 1 atom stereocenters. The highest BCUT2D eigenvalue weighted by molar-refractivity contribution is 5.24. The van der Waals surface area contributed by atoms with Crippen molar-refractivity contribution in [2.24, 2.45) is 0 Å². The normalized spacial score (nSPS) is 17.1. The standard InChI is InChI=1S/C22H28FN5O/c1-3-28-15-18(16(2)26-28)14-27-10-8-17(13-27)21-12-19(24-25-21)9-11-29-22-7-5-4-6-20(22)23/h4-7,12,15,17H,3,8-11,13-14H2,1-2H3,(H,24,25)/t17-/m0/s1. The lowest BCUT2D eigenvalue weighted by molar-refractivity contribution is 0.304. The number of aryl methyl sites for hydroxylation is 2. The molecular weight excluding hydrogens is 369 g/mol. The van der Waals surface area contributed by atoms with E-state index in [1.807, 2.05) is 4.68 Å². The molecule has 4 rings (SSSR count). The first kappa shape index (κ1) is 19.6. The number of para-hydroxylation sites is 1. The third-order valence-electron chi connectivity index (χ3n) is 5.57. The summed E-state index contributed by atoms with van der Waals surface area (Å²) in [5, 5.41) is 12.2. The van der Waals surface area contributed by atoms with E-state index >= 15 is 0 Å². The number of halogens is 1. The van der Waals surface area contributed by atoms with E-state index < -0.39 is 0 Å². The van der Waals surface area contributed by atoms with Crippen LogP contribution in [0.3, 0.4) is 0 Å². The second kappa shape index (κ2) is 8.78. The van der Waals surface area contributed by atoms with Gasteiger partial charge in [0.2, 0.25) is 0 Å². The summed E-state index contributed by atoms with van der Waals surface area (Å²) in [6, 6.07) is 8.61. The van der Waals surface area contributed by atoms with Crippen molar-refractivity contribution in [3.05, 3.63) is 65.0 Å². The number of nitrogens with one attached hydrogen (secondary N) is 1. The van der Waals surface area contributed by atoms with Gasteiger partial charge < -0.3 is 4.74 Å². The second-order valence-corrected chi connectivity index (χ2v) is 7.66. The molecule has 7 heteroatoms. The molecule has 1 fully saturated rings. The van der Waals surface area contributed by atoms with E-state index in [1.165, 1.54) is 11.6 Å². The molecule has 3 heterocycles. The molecule has 0 saturated carbocycles. The SMILES string of the molecule is CCn1cc(CN2CC[C@H](c3cc(CCOc4ccccc4F)[nH]n3)C2)c(C)n1. The lowest BCUT2D eigenvalue weighted by Gasteiger charge is -2.14. The maximum atomic E-state index is 13.6. The zero-order chi connectivity index (χ0) is 20.2. The van der Waals surface area contributed by atoms with Crippen molar-refractivity contribution in [1.29, 1.82) is 0 Å². The molecule has 1 aromatic carbocycles. The molecule has 1 N–H and O–H groups in total. The topological polar surface area (TPSA) is 59.0 Å². The van der Waals surface area contributed by atoms with Gasteiger partial charge in [-0.05, 0) is 45.0 Å². The van der Waals surface area contributed by atoms with Crippen LogP contribution in [0.25, 0.3) is 0 Å². The average Bonchev–Trinajstić information content (AvgIpc) is 3.44. The van der Waals surface area contributed by atoms with E-state index in [0.717, 1.165) is 49.7 Å². The first-order valence-electron chi connectivity index (χ1n) is 10.3. The Labute approximate surface area is 170 Å². The fourth-order valence-corrected chi connectivity index (χ4v) is 3.88. The first-order valence-corrected chi connectivity index (χ1v) is 10.3. The lowest BCUT2D eigenvalue weighted by atomic mass is 10.0. The van der Waals surface area contributed by atoms with Gasteiger partial charge in [-0.3, -0.25) is 14.7 Å². The number of hydrogen-bond donors (Lipinski definition) is 1. The fraction of sp³-hybridized carbons (Fsp3) is 0.455. The minimum atomic E-state index is -0.330. The number of benzene rings is 1. The molecular formula is C22H28FN5O. The van der Waals surface area contributed by atoms with Crippen molar-refractivity contribution in [1.82, 2.24) is 24.9 Å². The molecule has 3 aromatic rings. The Morgan fingerprint density at radius 2 is 2.17 bits per heavy atom. The van der Waals surface area contributed by atoms with Crippen LogP contribution in [0.2, 0.25) is 0 Å². The van der Waals surface area contributed by atoms with Crippen LogP contribution in [0, 0.1) is 12.7 Å². The van der Waals surface area contributed by atoms with Crippen LogP contribution in [-0.2, 0) is 19.5 Å². The Balaban J connectivity index is 1.28. The Morgan fingerprint density at radius 1 is 1.31 bits per heavy atom. The molecule has 0 radical (unpaired) electrons. The number of hydrogen-bond acceptors (Lipinski definition) is 4. The van der Waals surface area contributed by atoms with Gasteiger partial charge in [-0.2, -0.15) is 10.2 Å². The van der Waals surface area contributed by atoms with Gasteiger partial charge in [0, 0.05) is 49.4 Å². The second-order valence-electron chi connectivity index (χ2n) is 7.66. The average molecular weight is 397 g/mol. The summed E-state index contributed by atoms with van der Waals surface area (Å²) in [6.45, 7) is 8.53. The quantitative estimate of drug-likeness (QED) is 0.630. The molecule has 0 amide bonds. The van der Waals surface area contributed by atoms with Crippen LogP contribution in [0.5, 0.6) is 5.75 Å². The molecule has 1 aliphatic rings. The molecule has 29 heavy (non-hydrogen) atoms. The molecule has 0 aliphatic carbocycles. The van der Waals surface area contributed by atoms with Crippen LogP contribution in [0.4, 0.5) is 4.39 Å². The lowest BCUT2D eigenvalue weighted by Crippen LogP contribution is -2.20. The summed E-state index contributed by atoms with van der Waals surface area (Å²) in [7, 11) is 0. The highest BCUT2D eigenvalue weighted by Gasteiger charge is 2.26. The van der Waals surface area contributed by atoms with E-state index in [1.54, 1.807) is 18.2 Å². The summed E-state index contributed by atoms with van der Waals surface area (Å²) in [6.07, 6.45) is 3.94. The van der Waals surface area contributed by atoms with Crippen molar-refractivity contribution in [3.8, 4) is 5.75 Å². The van der Waals surface area contributed by atoms with Gasteiger partial charge in [0.25, 0.3) is 0 Å². The van der Waals surface area contributed by atoms with Gasteiger partial charge in [0.1, 0.15) is 0 Å². The number of rotatable bonds is 8. The number of ether oxygens (including phenoxy) is 1. The summed E-state index contributed by atoms with van der Waals surface area (Å²) < 4.78 is 21.2. The predicted octanol–water partition coefficient (Wildman–Crippen LogP) is 3.68. The minimum Gasteiger partial charge on any atom is -0.490 e. The third-order valence-corrected chi connectivity index (χ3v) is 5.57. The Morgan fingerprint density at radius 3 is 2.97 bits per heavy atom. The largest absolute Gasteiger partial charge is 0.490 e. The third kappa shape index (κ3) is 4.67. The summed E-state index contributed by atoms with van der Waals surface area (Å²) in [4.78, 5) is 2.48. The molecule has 0 spiro atoms. The fourth-order valence-electron chi connectivity index (χ4n) is 3.88. The van der Waals surface area contributed by atoms with Crippen LogP contribution in [0.15, 0.2) is 36.5 Å². The summed E-state index contributed by atoms with van der Waals surface area (Å²) >= 11 is 0. The van der Waals surface area contributed by atoms with Crippen molar-refractivity contribution in [2.45, 2.75) is 45.7 Å². The highest BCUT2D eigenvalue weighted by atomic mass is 19.1. The van der Waals surface area contributed by atoms with Gasteiger partial charge in [0.15, 0.2) is 11.6 Å². The van der Waals surface area contributed by atoms with Crippen molar-refractivity contribution in [2.75, 3.05) is 19.7 Å². The highest BCUT2D eigenvalue weighted by Crippen LogP contribution is 2.28. The Kier molecular flexibility index (Phi) is 5.94. The number of aromatic nitrogens is 4. The maximum absolute atomic E-state index is 13.6. The van der Waals surface area contributed by atoms with E-state index in [2.05, 4.69) is 46.3 Å². The van der Waals surface area contributed by atoms with Crippen LogP contribution in [0.1, 0.15) is 41.9 Å². The van der Waals surface area contributed by atoms with E-state index in [9.17, 15) is 4.39 Å². The zero-order valence-electron chi connectivity index (χ0n) is 17.1. The molecule has 0 unspecified atom stereocenters. The summed E-state index contributed by atoms with van der Waals surface area (Å²) in [5.74, 6) is 0.401. The smallest absolute Gasteiger partial charge is 0.165 e. The van der Waals surface area contributed by atoms with Gasteiger partial charge in [-0.25, -0.2) is 4.39 Å². The molecule has 2 aromatic heterocycles. The first-order chi connectivity index (χ1) is 14.1. The van der Waals surface area contributed by atoms with E-state index in [4.69, 9.17) is 4.74 Å². The van der Waals surface area contributed by atoms with Gasteiger partial charge in [0.05, 0.1) is 18.0 Å². The molecule has 0 bridgehead atoms.